The van der Waals surface area contributed by atoms with Crippen LogP contribution >= 0.6 is 0 Å². The van der Waals surface area contributed by atoms with Crippen molar-refractivity contribution in [2.45, 2.75) is 45.0 Å². The second kappa shape index (κ2) is 3.93. The molecule has 0 spiro atoms. The normalized spacial score (nSPS) is 18.0. The first-order chi connectivity index (χ1) is 4.92. The highest BCUT2D eigenvalue weighted by atomic mass is 19.3. The van der Waals surface area contributed by atoms with Crippen molar-refractivity contribution in [3.8, 4) is 0 Å². The molecule has 0 aromatic rings. The van der Waals surface area contributed by atoms with Gasteiger partial charge in [-0.1, -0.05) is 13.3 Å². The van der Waals surface area contributed by atoms with Gasteiger partial charge in [0, 0.05) is 0 Å². The van der Waals surface area contributed by atoms with Gasteiger partial charge in [0.15, 0.2) is 12.3 Å². The van der Waals surface area contributed by atoms with Gasteiger partial charge in [-0.3, -0.25) is 0 Å². The van der Waals surface area contributed by atoms with Crippen LogP contribution in [0, 0.1) is 0 Å². The van der Waals surface area contributed by atoms with Crippen molar-refractivity contribution in [3.05, 3.63) is 0 Å². The van der Waals surface area contributed by atoms with Crippen LogP contribution in [0.15, 0.2) is 0 Å². The van der Waals surface area contributed by atoms with Gasteiger partial charge in [0.2, 0.25) is 0 Å². The lowest BCUT2D eigenvalue weighted by molar-refractivity contribution is -0.123. The van der Waals surface area contributed by atoms with Crippen molar-refractivity contribution in [1.82, 2.24) is 0 Å². The molecule has 0 saturated heterocycles. The molecule has 1 unspecified atom stereocenters. The molecule has 68 valence electrons. The Balaban J connectivity index is 4.05. The first-order valence-corrected chi connectivity index (χ1v) is 3.58. The van der Waals surface area contributed by atoms with Crippen LogP contribution in [0.4, 0.5) is 17.6 Å². The molecular weight excluding hydrogens is 160 g/mol. The zero-order valence-corrected chi connectivity index (χ0v) is 6.58. The maximum atomic E-state index is 12.4. The summed E-state index contributed by atoms with van der Waals surface area (Å²) < 4.78 is 49.3. The Kier molecular flexibility index (Phi) is 3.83. The van der Waals surface area contributed by atoms with Crippen molar-refractivity contribution >= 4 is 0 Å². The van der Waals surface area contributed by atoms with Crippen LogP contribution in [0.25, 0.3) is 0 Å². The Bertz CT molecular complexity index is 111. The second-order valence-corrected chi connectivity index (χ2v) is 2.55. The molecule has 0 radical (unpaired) electrons. The predicted molar refractivity (Wildman–Crippen MR) is 35.3 cm³/mol. The summed E-state index contributed by atoms with van der Waals surface area (Å²) in [6.45, 7) is 2.24. The number of halogens is 4. The largest absolute Gasteiger partial charge is 0.308 e. The smallest absolute Gasteiger partial charge is 0.241 e. The van der Waals surface area contributed by atoms with E-state index in [0.29, 0.717) is 13.3 Å². The molecule has 0 aliphatic heterocycles. The molecule has 0 aliphatic rings. The van der Waals surface area contributed by atoms with Gasteiger partial charge >= 0.3 is 5.92 Å². The maximum Gasteiger partial charge on any atom is 0.308 e. The Labute approximate surface area is 63.6 Å². The van der Waals surface area contributed by atoms with Gasteiger partial charge in [0.25, 0.3) is 0 Å². The van der Waals surface area contributed by atoms with Gasteiger partial charge in [-0.2, -0.15) is 0 Å². The van der Waals surface area contributed by atoms with Crippen molar-refractivity contribution < 1.29 is 17.6 Å². The van der Waals surface area contributed by atoms with Crippen LogP contribution in [0.3, 0.4) is 0 Å². The van der Waals surface area contributed by atoms with Crippen molar-refractivity contribution in [1.29, 1.82) is 0 Å². The fourth-order valence-electron chi connectivity index (χ4n) is 0.695. The lowest BCUT2D eigenvalue weighted by Gasteiger charge is -2.21. The molecule has 0 N–H and O–H groups in total. The third-order valence-corrected chi connectivity index (χ3v) is 1.49. The summed E-state index contributed by atoms with van der Waals surface area (Å²) in [6, 6.07) is 0. The number of alkyl halides is 4. The topological polar surface area (TPSA) is 0 Å². The number of rotatable bonds is 4. The maximum absolute atomic E-state index is 12.4. The highest BCUT2D eigenvalue weighted by molar-refractivity contribution is 4.81. The fourth-order valence-corrected chi connectivity index (χ4v) is 0.695. The Morgan fingerprint density at radius 3 is 2.00 bits per heavy atom. The molecule has 0 amide bonds. The van der Waals surface area contributed by atoms with Gasteiger partial charge in [0.1, 0.15) is 0 Å². The van der Waals surface area contributed by atoms with Crippen LogP contribution in [-0.4, -0.2) is 18.3 Å². The summed E-state index contributed by atoms with van der Waals surface area (Å²) in [4.78, 5) is 0. The van der Waals surface area contributed by atoms with E-state index >= 15 is 0 Å². The van der Waals surface area contributed by atoms with Gasteiger partial charge in [-0.15, -0.1) is 0 Å². The lowest BCUT2D eigenvalue weighted by atomic mass is 10.1. The van der Waals surface area contributed by atoms with Crippen molar-refractivity contribution in [2.24, 2.45) is 0 Å². The van der Waals surface area contributed by atoms with Gasteiger partial charge in [-0.25, -0.2) is 17.6 Å². The molecule has 0 nitrogen and oxygen atoms in total. The molecule has 0 aliphatic carbocycles. The van der Waals surface area contributed by atoms with Crippen LogP contribution in [0.5, 0.6) is 0 Å². The number of hydrogen-bond acceptors (Lipinski definition) is 0. The standard InChI is InChI=1S/C7H12F4/c1-3-4-6(9)7(10,11)5(2)8/h5-6H,3-4H2,1-2H3/t5?,6-/m0/s1. The van der Waals surface area contributed by atoms with E-state index in [1.807, 2.05) is 0 Å². The molecule has 2 atom stereocenters. The Morgan fingerprint density at radius 1 is 1.27 bits per heavy atom. The quantitative estimate of drug-likeness (QED) is 0.571. The van der Waals surface area contributed by atoms with Crippen molar-refractivity contribution in [2.75, 3.05) is 0 Å². The monoisotopic (exact) mass is 172 g/mol. The van der Waals surface area contributed by atoms with E-state index in [-0.39, 0.29) is 6.42 Å². The van der Waals surface area contributed by atoms with Crippen LogP contribution in [0.1, 0.15) is 26.7 Å². The molecule has 0 rings (SSSR count). The fraction of sp³-hybridized carbons (Fsp3) is 1.00. The van der Waals surface area contributed by atoms with Crippen molar-refractivity contribution in [3.63, 3.8) is 0 Å². The molecule has 0 aromatic heterocycles. The molecule has 0 heterocycles. The summed E-state index contributed by atoms with van der Waals surface area (Å²) in [6.07, 6.45) is -4.76. The number of hydrogen-bond donors (Lipinski definition) is 0. The highest BCUT2D eigenvalue weighted by Crippen LogP contribution is 2.30. The minimum Gasteiger partial charge on any atom is -0.241 e. The van der Waals surface area contributed by atoms with Gasteiger partial charge in [-0.05, 0) is 13.3 Å². The summed E-state index contributed by atoms with van der Waals surface area (Å²) in [5, 5.41) is 0. The molecule has 0 saturated carbocycles. The van der Waals surface area contributed by atoms with E-state index in [1.165, 1.54) is 0 Å². The summed E-state index contributed by atoms with van der Waals surface area (Å²) in [7, 11) is 0. The molecular formula is C7H12F4. The van der Waals surface area contributed by atoms with E-state index < -0.39 is 18.3 Å². The third kappa shape index (κ3) is 2.67. The minimum absolute atomic E-state index is 0.290. The molecule has 0 aromatic carbocycles. The second-order valence-electron chi connectivity index (χ2n) is 2.55. The van der Waals surface area contributed by atoms with Gasteiger partial charge in [0.05, 0.1) is 0 Å². The van der Waals surface area contributed by atoms with Crippen LogP contribution in [0.2, 0.25) is 0 Å². The molecule has 4 heteroatoms. The average molecular weight is 172 g/mol. The molecule has 0 bridgehead atoms. The first kappa shape index (κ1) is 10.7. The van der Waals surface area contributed by atoms with Crippen LogP contribution < -0.4 is 0 Å². The zero-order chi connectivity index (χ0) is 9.07. The SMILES string of the molecule is CCC[C@H](F)C(F)(F)C(C)F. The summed E-state index contributed by atoms with van der Waals surface area (Å²) >= 11 is 0. The predicted octanol–water partition coefficient (Wildman–Crippen LogP) is 3.12. The Morgan fingerprint density at radius 2 is 1.73 bits per heavy atom. The minimum atomic E-state index is -3.82. The summed E-state index contributed by atoms with van der Waals surface area (Å²) in [5.74, 6) is -3.82. The van der Waals surface area contributed by atoms with E-state index in [9.17, 15) is 17.6 Å². The van der Waals surface area contributed by atoms with E-state index in [4.69, 9.17) is 0 Å². The van der Waals surface area contributed by atoms with E-state index in [0.717, 1.165) is 0 Å². The Hall–Kier alpha value is -0.280. The van der Waals surface area contributed by atoms with Gasteiger partial charge < -0.3 is 0 Å². The first-order valence-electron chi connectivity index (χ1n) is 3.58. The summed E-state index contributed by atoms with van der Waals surface area (Å²) in [5.41, 5.74) is 0. The van der Waals surface area contributed by atoms with E-state index in [2.05, 4.69) is 0 Å². The molecule has 11 heavy (non-hydrogen) atoms. The van der Waals surface area contributed by atoms with Crippen LogP contribution in [-0.2, 0) is 0 Å². The average Bonchev–Trinajstić information content (AvgIpc) is 1.88. The highest BCUT2D eigenvalue weighted by Gasteiger charge is 2.45. The van der Waals surface area contributed by atoms with E-state index in [1.54, 1.807) is 6.92 Å². The lowest BCUT2D eigenvalue weighted by Crippen LogP contribution is -2.38. The molecule has 0 fully saturated rings. The third-order valence-electron chi connectivity index (χ3n) is 1.49. The zero-order valence-electron chi connectivity index (χ0n) is 6.58.